The van der Waals surface area contributed by atoms with Gasteiger partial charge in [-0.15, -0.1) is 0 Å². The van der Waals surface area contributed by atoms with Crippen LogP contribution in [0.4, 0.5) is 11.4 Å². The first-order valence-corrected chi connectivity index (χ1v) is 6.75. The molecule has 0 saturated heterocycles. The Morgan fingerprint density at radius 3 is 2.67 bits per heavy atom. The molecule has 3 nitrogen and oxygen atoms in total. The van der Waals surface area contributed by atoms with Gasteiger partial charge in [0.25, 0.3) is 0 Å². The molecular weight excluding hydrogens is 224 g/mol. The van der Waals surface area contributed by atoms with Crippen LogP contribution in [0.1, 0.15) is 38.7 Å². The number of nitrogens with one attached hydrogen (secondary N) is 2. The first-order valence-electron chi connectivity index (χ1n) is 6.75. The zero-order valence-corrected chi connectivity index (χ0v) is 11.4. The van der Waals surface area contributed by atoms with E-state index in [-0.39, 0.29) is 5.91 Å². The Morgan fingerprint density at radius 2 is 2.17 bits per heavy atom. The van der Waals surface area contributed by atoms with Crippen LogP contribution in [0.15, 0.2) is 18.2 Å². The number of anilines is 2. The maximum absolute atomic E-state index is 11.0. The van der Waals surface area contributed by atoms with Gasteiger partial charge in [0.15, 0.2) is 0 Å². The van der Waals surface area contributed by atoms with Crippen molar-refractivity contribution in [2.24, 2.45) is 5.92 Å². The molecule has 1 atom stereocenters. The van der Waals surface area contributed by atoms with E-state index in [2.05, 4.69) is 23.6 Å². The summed E-state index contributed by atoms with van der Waals surface area (Å²) in [5.41, 5.74) is 3.15. The second-order valence-corrected chi connectivity index (χ2v) is 5.21. The maximum Gasteiger partial charge on any atom is 0.221 e. The standard InChI is InChI=1S/C15H22N2O/c1-4-14(12-5-6-12)17-13-7-8-15(10(2)9-13)16-11(3)18/h7-9,12,14,17H,4-6H2,1-3H3,(H,16,18). The van der Waals surface area contributed by atoms with Gasteiger partial charge in [0.05, 0.1) is 0 Å². The summed E-state index contributed by atoms with van der Waals surface area (Å²) in [5, 5.41) is 6.44. The zero-order chi connectivity index (χ0) is 13.1. The molecule has 1 aromatic carbocycles. The van der Waals surface area contributed by atoms with Gasteiger partial charge in [-0.2, -0.15) is 0 Å². The third-order valence-electron chi connectivity index (χ3n) is 3.52. The highest BCUT2D eigenvalue weighted by atomic mass is 16.1. The van der Waals surface area contributed by atoms with Crippen LogP contribution in [-0.2, 0) is 4.79 Å². The monoisotopic (exact) mass is 246 g/mol. The lowest BCUT2D eigenvalue weighted by atomic mass is 10.1. The van der Waals surface area contributed by atoms with Crippen LogP contribution in [-0.4, -0.2) is 11.9 Å². The molecular formula is C15H22N2O. The van der Waals surface area contributed by atoms with Gasteiger partial charge < -0.3 is 10.6 Å². The molecule has 0 heterocycles. The van der Waals surface area contributed by atoms with Gasteiger partial charge >= 0.3 is 0 Å². The SMILES string of the molecule is CCC(Nc1ccc(NC(C)=O)c(C)c1)C1CC1. The molecule has 2 N–H and O–H groups in total. The molecule has 3 heteroatoms. The highest BCUT2D eigenvalue weighted by Gasteiger charge is 2.29. The Bertz CT molecular complexity index is 438. The van der Waals surface area contributed by atoms with Gasteiger partial charge in [0, 0.05) is 24.3 Å². The van der Waals surface area contributed by atoms with Crippen molar-refractivity contribution < 1.29 is 4.79 Å². The maximum atomic E-state index is 11.0. The molecule has 1 fully saturated rings. The van der Waals surface area contributed by atoms with E-state index in [0.717, 1.165) is 29.3 Å². The minimum atomic E-state index is -0.0248. The molecule has 98 valence electrons. The van der Waals surface area contributed by atoms with Crippen molar-refractivity contribution in [2.45, 2.75) is 46.1 Å². The summed E-state index contributed by atoms with van der Waals surface area (Å²) in [6.07, 6.45) is 3.88. The number of hydrogen-bond acceptors (Lipinski definition) is 2. The van der Waals surface area contributed by atoms with Gasteiger partial charge in [-0.1, -0.05) is 6.92 Å². The summed E-state index contributed by atoms with van der Waals surface area (Å²) in [5.74, 6) is 0.827. The first-order chi connectivity index (χ1) is 8.60. The first kappa shape index (κ1) is 12.9. The molecule has 0 spiro atoms. The Labute approximate surface area is 109 Å². The lowest BCUT2D eigenvalue weighted by Gasteiger charge is -2.18. The minimum Gasteiger partial charge on any atom is -0.382 e. The number of hydrogen-bond donors (Lipinski definition) is 2. The average Bonchev–Trinajstić information content (AvgIpc) is 3.13. The van der Waals surface area contributed by atoms with Crippen molar-refractivity contribution in [3.8, 4) is 0 Å². The van der Waals surface area contributed by atoms with E-state index in [9.17, 15) is 4.79 Å². The summed E-state index contributed by atoms with van der Waals surface area (Å²) in [4.78, 5) is 11.0. The molecule has 18 heavy (non-hydrogen) atoms. The number of carbonyl (C=O) groups is 1. The van der Waals surface area contributed by atoms with Crippen LogP contribution in [0.2, 0.25) is 0 Å². The molecule has 1 aliphatic rings. The van der Waals surface area contributed by atoms with E-state index in [1.165, 1.54) is 19.8 Å². The average molecular weight is 246 g/mol. The third-order valence-corrected chi connectivity index (χ3v) is 3.52. The second-order valence-electron chi connectivity index (χ2n) is 5.21. The molecule has 1 amide bonds. The summed E-state index contributed by atoms with van der Waals surface area (Å²) in [7, 11) is 0. The van der Waals surface area contributed by atoms with Crippen molar-refractivity contribution in [3.05, 3.63) is 23.8 Å². The predicted octanol–water partition coefficient (Wildman–Crippen LogP) is 3.55. The molecule has 1 aliphatic carbocycles. The molecule has 1 unspecified atom stereocenters. The van der Waals surface area contributed by atoms with Gasteiger partial charge in [-0.05, 0) is 55.9 Å². The van der Waals surface area contributed by atoms with Gasteiger partial charge in [-0.3, -0.25) is 4.79 Å². The molecule has 0 radical (unpaired) electrons. The molecule has 1 aromatic rings. The van der Waals surface area contributed by atoms with Crippen molar-refractivity contribution >= 4 is 17.3 Å². The van der Waals surface area contributed by atoms with E-state index in [1.807, 2.05) is 19.1 Å². The normalized spacial score (nSPS) is 16.2. The van der Waals surface area contributed by atoms with Gasteiger partial charge in [0.1, 0.15) is 0 Å². The molecule has 0 aromatic heterocycles. The topological polar surface area (TPSA) is 41.1 Å². The van der Waals surface area contributed by atoms with Crippen molar-refractivity contribution in [1.29, 1.82) is 0 Å². The van der Waals surface area contributed by atoms with Crippen LogP contribution in [0.3, 0.4) is 0 Å². The fraction of sp³-hybridized carbons (Fsp3) is 0.533. The third kappa shape index (κ3) is 3.25. The largest absolute Gasteiger partial charge is 0.382 e. The van der Waals surface area contributed by atoms with E-state index >= 15 is 0 Å². The molecule has 2 rings (SSSR count). The lowest BCUT2D eigenvalue weighted by Crippen LogP contribution is -2.20. The van der Waals surface area contributed by atoms with E-state index < -0.39 is 0 Å². The number of carbonyl (C=O) groups excluding carboxylic acids is 1. The highest BCUT2D eigenvalue weighted by Crippen LogP contribution is 2.35. The highest BCUT2D eigenvalue weighted by molar-refractivity contribution is 5.89. The van der Waals surface area contributed by atoms with E-state index in [1.54, 1.807) is 0 Å². The fourth-order valence-corrected chi connectivity index (χ4v) is 2.35. The predicted molar refractivity (Wildman–Crippen MR) is 75.9 cm³/mol. The summed E-state index contributed by atoms with van der Waals surface area (Å²) in [6.45, 7) is 5.79. The van der Waals surface area contributed by atoms with Crippen LogP contribution in [0.5, 0.6) is 0 Å². The van der Waals surface area contributed by atoms with Crippen LogP contribution < -0.4 is 10.6 Å². The molecule has 0 bridgehead atoms. The van der Waals surface area contributed by atoms with Gasteiger partial charge in [0.2, 0.25) is 5.91 Å². The molecule has 0 aliphatic heterocycles. The van der Waals surface area contributed by atoms with Crippen LogP contribution in [0, 0.1) is 12.8 Å². The number of aryl methyl sites for hydroxylation is 1. The Balaban J connectivity index is 2.05. The lowest BCUT2D eigenvalue weighted by molar-refractivity contribution is -0.114. The number of rotatable bonds is 5. The number of benzene rings is 1. The van der Waals surface area contributed by atoms with E-state index in [0.29, 0.717) is 6.04 Å². The second kappa shape index (κ2) is 5.42. The number of amides is 1. The van der Waals surface area contributed by atoms with Crippen molar-refractivity contribution in [1.82, 2.24) is 0 Å². The van der Waals surface area contributed by atoms with Gasteiger partial charge in [-0.25, -0.2) is 0 Å². The minimum absolute atomic E-state index is 0.0248. The Morgan fingerprint density at radius 1 is 1.44 bits per heavy atom. The summed E-state index contributed by atoms with van der Waals surface area (Å²) < 4.78 is 0. The van der Waals surface area contributed by atoms with E-state index in [4.69, 9.17) is 0 Å². The fourth-order valence-electron chi connectivity index (χ4n) is 2.35. The smallest absolute Gasteiger partial charge is 0.221 e. The van der Waals surface area contributed by atoms with Crippen molar-refractivity contribution in [3.63, 3.8) is 0 Å². The zero-order valence-electron chi connectivity index (χ0n) is 11.4. The van der Waals surface area contributed by atoms with Crippen LogP contribution in [0.25, 0.3) is 0 Å². The summed E-state index contributed by atoms with van der Waals surface area (Å²) >= 11 is 0. The van der Waals surface area contributed by atoms with Crippen molar-refractivity contribution in [2.75, 3.05) is 10.6 Å². The molecule has 1 saturated carbocycles. The Kier molecular flexibility index (Phi) is 3.90. The van der Waals surface area contributed by atoms with Crippen LogP contribution >= 0.6 is 0 Å². The Hall–Kier alpha value is -1.51. The summed E-state index contributed by atoms with van der Waals surface area (Å²) in [6, 6.07) is 6.72. The quantitative estimate of drug-likeness (QED) is 0.834.